The number of methoxy groups -OCH3 is 2. The van der Waals surface area contributed by atoms with Gasteiger partial charge in [-0.2, -0.15) is 13.2 Å². The largest absolute Gasteiger partial charge is 0.481 e. The van der Waals surface area contributed by atoms with E-state index in [0.717, 1.165) is 17.8 Å². The van der Waals surface area contributed by atoms with Crippen molar-refractivity contribution in [1.29, 1.82) is 0 Å². The second-order valence-corrected chi connectivity index (χ2v) is 10.5. The first kappa shape index (κ1) is 30.0. The highest BCUT2D eigenvalue weighted by Gasteiger charge is 2.49. The molecule has 1 atom stereocenters. The average Bonchev–Trinajstić information content (AvgIpc) is 3.41. The number of alkyl halides is 3. The summed E-state index contributed by atoms with van der Waals surface area (Å²) in [5, 5.41) is 8.93. The summed E-state index contributed by atoms with van der Waals surface area (Å²) < 4.78 is 51.8. The van der Waals surface area contributed by atoms with Crippen LogP contribution in [0.4, 0.5) is 13.2 Å². The summed E-state index contributed by atoms with van der Waals surface area (Å²) >= 11 is 7.01. The highest BCUT2D eigenvalue weighted by Crippen LogP contribution is 2.44. The standard InChI is InChI=1S/C31H27ClF3N5O3/c1-17-6-12-24(18(2)37-17)30(29(41)43-5,26-16-36-39-40(26)3)21-11-13-25-22(15-21)27(32)23(28(38-25)42-4)14-19-7-9-20(10-8-19)31(33,34)35/h6-13,15-16H,14H2,1-5H3/t30-/m0/s1. The third kappa shape index (κ3) is 5.18. The van der Waals surface area contributed by atoms with E-state index in [1.807, 2.05) is 26.0 Å². The molecule has 2 aromatic carbocycles. The van der Waals surface area contributed by atoms with Gasteiger partial charge in [-0.1, -0.05) is 41.1 Å². The van der Waals surface area contributed by atoms with Crippen molar-refractivity contribution in [3.63, 3.8) is 0 Å². The normalized spacial score (nSPS) is 13.1. The molecule has 0 aliphatic heterocycles. The molecular formula is C31H27ClF3N5O3. The van der Waals surface area contributed by atoms with Crippen LogP contribution in [0.5, 0.6) is 5.88 Å². The van der Waals surface area contributed by atoms with E-state index in [-0.39, 0.29) is 17.3 Å². The summed E-state index contributed by atoms with van der Waals surface area (Å²) in [7, 11) is 4.43. The zero-order valence-electron chi connectivity index (χ0n) is 24.0. The number of hydrogen-bond donors (Lipinski definition) is 0. The maximum Gasteiger partial charge on any atom is 0.416 e. The Kier molecular flexibility index (Phi) is 7.87. The van der Waals surface area contributed by atoms with Gasteiger partial charge >= 0.3 is 12.1 Å². The molecule has 3 aromatic heterocycles. The Balaban J connectivity index is 1.76. The third-order valence-electron chi connectivity index (χ3n) is 7.49. The van der Waals surface area contributed by atoms with Crippen LogP contribution in [-0.2, 0) is 34.6 Å². The SMILES string of the molecule is COC(=O)[C@@](c1ccc2nc(OC)c(Cc3ccc(C(F)(F)F)cc3)c(Cl)c2c1)(c1ccc(C)nc1C)c1cnnn1C. The number of halogens is 4. The number of benzene rings is 2. The molecule has 0 N–H and O–H groups in total. The highest BCUT2D eigenvalue weighted by atomic mass is 35.5. The minimum absolute atomic E-state index is 0.155. The number of carbonyl (C=O) groups is 1. The molecule has 0 unspecified atom stereocenters. The smallest absolute Gasteiger partial charge is 0.416 e. The van der Waals surface area contributed by atoms with Crippen LogP contribution >= 0.6 is 11.6 Å². The molecule has 0 aliphatic rings. The Morgan fingerprint density at radius 1 is 0.977 bits per heavy atom. The number of aryl methyl sites for hydroxylation is 3. The summed E-state index contributed by atoms with van der Waals surface area (Å²) in [4.78, 5) is 23.2. The Labute approximate surface area is 250 Å². The zero-order valence-corrected chi connectivity index (χ0v) is 24.7. The molecule has 0 radical (unpaired) electrons. The highest BCUT2D eigenvalue weighted by molar-refractivity contribution is 6.36. The quantitative estimate of drug-likeness (QED) is 0.204. The summed E-state index contributed by atoms with van der Waals surface area (Å²) in [5.74, 6) is -0.354. The fourth-order valence-corrected chi connectivity index (χ4v) is 5.75. The van der Waals surface area contributed by atoms with Gasteiger partial charge in [-0.25, -0.2) is 4.98 Å². The van der Waals surface area contributed by atoms with E-state index in [0.29, 0.717) is 44.5 Å². The van der Waals surface area contributed by atoms with Gasteiger partial charge in [-0.3, -0.25) is 14.5 Å². The van der Waals surface area contributed by atoms with Crippen LogP contribution in [0.3, 0.4) is 0 Å². The van der Waals surface area contributed by atoms with Crippen molar-refractivity contribution in [2.45, 2.75) is 31.9 Å². The van der Waals surface area contributed by atoms with E-state index in [9.17, 15) is 18.0 Å². The lowest BCUT2D eigenvalue weighted by molar-refractivity contribution is -0.144. The van der Waals surface area contributed by atoms with Crippen molar-refractivity contribution in [2.24, 2.45) is 7.05 Å². The topological polar surface area (TPSA) is 92.0 Å². The molecule has 0 fully saturated rings. The molecule has 5 aromatic rings. The molecule has 0 saturated carbocycles. The molecule has 0 bridgehead atoms. The van der Waals surface area contributed by atoms with E-state index >= 15 is 0 Å². The van der Waals surface area contributed by atoms with E-state index < -0.39 is 23.1 Å². The monoisotopic (exact) mass is 609 g/mol. The maximum absolute atomic E-state index is 14.0. The zero-order chi connectivity index (χ0) is 31.1. The lowest BCUT2D eigenvalue weighted by Crippen LogP contribution is -2.42. The van der Waals surface area contributed by atoms with E-state index in [2.05, 4.69) is 20.3 Å². The van der Waals surface area contributed by atoms with Gasteiger partial charge in [-0.05, 0) is 55.3 Å². The number of aromatic nitrogens is 5. The fraction of sp³-hybridized carbons (Fsp3) is 0.258. The van der Waals surface area contributed by atoms with E-state index in [4.69, 9.17) is 21.1 Å². The number of rotatable bonds is 7. The van der Waals surface area contributed by atoms with Crippen LogP contribution in [0.25, 0.3) is 10.9 Å². The van der Waals surface area contributed by atoms with E-state index in [1.165, 1.54) is 37.2 Å². The Morgan fingerprint density at radius 3 is 2.26 bits per heavy atom. The lowest BCUT2D eigenvalue weighted by atomic mass is 9.71. The predicted molar refractivity (Wildman–Crippen MR) is 154 cm³/mol. The molecular weight excluding hydrogens is 583 g/mol. The molecule has 0 spiro atoms. The first-order valence-corrected chi connectivity index (χ1v) is 13.5. The molecule has 5 rings (SSSR count). The fourth-order valence-electron chi connectivity index (χ4n) is 5.45. The van der Waals surface area contributed by atoms with Gasteiger partial charge in [0.2, 0.25) is 5.88 Å². The number of fused-ring (bicyclic) bond motifs is 1. The number of nitrogens with zero attached hydrogens (tertiary/aromatic N) is 5. The van der Waals surface area contributed by atoms with Gasteiger partial charge in [0.1, 0.15) is 0 Å². The van der Waals surface area contributed by atoms with Crippen LogP contribution in [-0.4, -0.2) is 45.2 Å². The maximum atomic E-state index is 14.0. The van der Waals surface area contributed by atoms with Crippen LogP contribution < -0.4 is 4.74 Å². The van der Waals surface area contributed by atoms with Crippen molar-refractivity contribution < 1.29 is 27.4 Å². The second kappa shape index (κ2) is 11.3. The molecule has 12 heteroatoms. The first-order chi connectivity index (χ1) is 20.4. The molecule has 0 saturated heterocycles. The minimum Gasteiger partial charge on any atom is -0.481 e. The molecule has 0 aliphatic carbocycles. The van der Waals surface area contributed by atoms with Gasteiger partial charge < -0.3 is 9.47 Å². The number of hydrogen-bond acceptors (Lipinski definition) is 7. The lowest BCUT2D eigenvalue weighted by Gasteiger charge is -2.33. The number of ether oxygens (including phenoxy) is 2. The van der Waals surface area contributed by atoms with Gasteiger partial charge in [-0.15, -0.1) is 5.10 Å². The van der Waals surface area contributed by atoms with Crippen LogP contribution in [0, 0.1) is 13.8 Å². The number of esters is 1. The van der Waals surface area contributed by atoms with Crippen molar-refractivity contribution in [2.75, 3.05) is 14.2 Å². The van der Waals surface area contributed by atoms with Crippen LogP contribution in [0.1, 0.15) is 44.9 Å². The predicted octanol–water partition coefficient (Wildman–Crippen LogP) is 6.15. The molecule has 222 valence electrons. The first-order valence-electron chi connectivity index (χ1n) is 13.1. The Bertz CT molecular complexity index is 1840. The summed E-state index contributed by atoms with van der Waals surface area (Å²) in [5.41, 5.74) is 2.14. The van der Waals surface area contributed by atoms with Crippen molar-refractivity contribution in [3.05, 3.63) is 111 Å². The molecule has 8 nitrogen and oxygen atoms in total. The van der Waals surface area contributed by atoms with Gasteiger partial charge in [0.05, 0.1) is 42.2 Å². The Hall–Kier alpha value is -4.51. The molecule has 3 heterocycles. The van der Waals surface area contributed by atoms with Gasteiger partial charge in [0.15, 0.2) is 5.41 Å². The summed E-state index contributed by atoms with van der Waals surface area (Å²) in [6.07, 6.45) is -2.79. The second-order valence-electron chi connectivity index (χ2n) is 10.1. The van der Waals surface area contributed by atoms with Crippen molar-refractivity contribution >= 4 is 28.5 Å². The van der Waals surface area contributed by atoms with Crippen LogP contribution in [0.2, 0.25) is 5.02 Å². The van der Waals surface area contributed by atoms with E-state index in [1.54, 1.807) is 25.2 Å². The summed E-state index contributed by atoms with van der Waals surface area (Å²) in [6.45, 7) is 3.67. The Morgan fingerprint density at radius 2 is 1.67 bits per heavy atom. The average molecular weight is 610 g/mol. The summed E-state index contributed by atoms with van der Waals surface area (Å²) in [6, 6.07) is 13.7. The molecule has 43 heavy (non-hydrogen) atoms. The molecule has 0 amide bonds. The van der Waals surface area contributed by atoms with Gasteiger partial charge in [0.25, 0.3) is 0 Å². The minimum atomic E-state index is -4.45. The third-order valence-corrected chi connectivity index (χ3v) is 7.92. The van der Waals surface area contributed by atoms with Crippen molar-refractivity contribution in [1.82, 2.24) is 25.0 Å². The number of carbonyl (C=O) groups excluding carboxylic acids is 1. The van der Waals surface area contributed by atoms with Gasteiger partial charge in [0, 0.05) is 41.4 Å². The van der Waals surface area contributed by atoms with Crippen LogP contribution in [0.15, 0.2) is 60.8 Å². The van der Waals surface area contributed by atoms with Crippen molar-refractivity contribution in [3.8, 4) is 5.88 Å². The number of pyridine rings is 2.